The Morgan fingerprint density at radius 3 is 3.00 bits per heavy atom. The van der Waals surface area contributed by atoms with Crippen LogP contribution >= 0.6 is 15.9 Å². The Bertz CT molecular complexity index is 581. The number of nitriles is 1. The van der Waals surface area contributed by atoms with E-state index in [1.165, 1.54) is 0 Å². The van der Waals surface area contributed by atoms with Gasteiger partial charge in [0.2, 0.25) is 11.8 Å². The van der Waals surface area contributed by atoms with Crippen LogP contribution in [0.4, 0.5) is 8.78 Å². The molecular weight excluding hydrogens is 346 g/mol. The van der Waals surface area contributed by atoms with Crippen LogP contribution in [-0.2, 0) is 11.8 Å². The molecule has 1 aromatic rings. The fraction of sp³-hybridized carbons (Fsp3) is 0.615. The van der Waals surface area contributed by atoms with Crippen molar-refractivity contribution < 1.29 is 13.6 Å². The van der Waals surface area contributed by atoms with Gasteiger partial charge in [-0.25, -0.2) is 8.78 Å². The number of amides is 1. The molecule has 1 N–H and O–H groups in total. The van der Waals surface area contributed by atoms with E-state index in [1.807, 2.05) is 0 Å². The number of aromatic nitrogens is 2. The number of alkyl halides is 2. The van der Waals surface area contributed by atoms with E-state index < -0.39 is 24.2 Å². The largest absolute Gasteiger partial charge is 0.343 e. The van der Waals surface area contributed by atoms with Gasteiger partial charge in [0.1, 0.15) is 11.1 Å². The highest BCUT2D eigenvalue weighted by Gasteiger charge is 2.45. The quantitative estimate of drug-likeness (QED) is 0.841. The van der Waals surface area contributed by atoms with E-state index in [1.54, 1.807) is 24.0 Å². The van der Waals surface area contributed by atoms with Crippen LogP contribution in [0.15, 0.2) is 10.8 Å². The van der Waals surface area contributed by atoms with Gasteiger partial charge in [-0.2, -0.15) is 10.4 Å². The van der Waals surface area contributed by atoms with Gasteiger partial charge in [0.15, 0.2) is 0 Å². The Morgan fingerprint density at radius 1 is 1.71 bits per heavy atom. The zero-order chi connectivity index (χ0) is 15.6. The Labute approximate surface area is 129 Å². The summed E-state index contributed by atoms with van der Waals surface area (Å²) in [5.74, 6) is -4.54. The number of carbonyl (C=O) groups excluding carboxylic acids is 1. The predicted octanol–water partition coefficient (Wildman–Crippen LogP) is 2.34. The van der Waals surface area contributed by atoms with Gasteiger partial charge in [0, 0.05) is 37.6 Å². The first-order chi connectivity index (χ1) is 9.84. The molecule has 8 heteroatoms. The Kier molecular flexibility index (Phi) is 4.61. The Balaban J connectivity index is 2.27. The number of hydrogen-bond donors (Lipinski definition) is 1. The van der Waals surface area contributed by atoms with Gasteiger partial charge < -0.3 is 5.32 Å². The minimum atomic E-state index is -2.85. The Morgan fingerprint density at radius 2 is 2.43 bits per heavy atom. The second-order valence-electron chi connectivity index (χ2n) is 5.24. The molecule has 2 rings (SSSR count). The van der Waals surface area contributed by atoms with E-state index in [2.05, 4.69) is 26.3 Å². The maximum absolute atomic E-state index is 13.7. The first-order valence-electron chi connectivity index (χ1n) is 6.55. The summed E-state index contributed by atoms with van der Waals surface area (Å²) in [5.41, 5.74) is 0.755. The lowest BCUT2D eigenvalue weighted by molar-refractivity contribution is -0.133. The second kappa shape index (κ2) is 6.10. The smallest absolute Gasteiger partial charge is 0.249 e. The van der Waals surface area contributed by atoms with Gasteiger partial charge in [-0.3, -0.25) is 9.48 Å². The lowest BCUT2D eigenvalue weighted by atomic mass is 9.74. The molecule has 2 unspecified atom stereocenters. The maximum Gasteiger partial charge on any atom is 0.249 e. The van der Waals surface area contributed by atoms with Gasteiger partial charge >= 0.3 is 0 Å². The molecule has 1 saturated carbocycles. The van der Waals surface area contributed by atoms with Crippen molar-refractivity contribution in [1.29, 1.82) is 5.26 Å². The minimum Gasteiger partial charge on any atom is -0.343 e. The third kappa shape index (κ3) is 3.59. The monoisotopic (exact) mass is 360 g/mol. The van der Waals surface area contributed by atoms with Crippen LogP contribution in [0.5, 0.6) is 0 Å². The molecule has 0 saturated heterocycles. The normalized spacial score (nSPS) is 24.3. The fourth-order valence-electron chi connectivity index (χ4n) is 2.77. The zero-order valence-electron chi connectivity index (χ0n) is 11.4. The van der Waals surface area contributed by atoms with E-state index in [0.717, 1.165) is 5.56 Å². The van der Waals surface area contributed by atoms with Gasteiger partial charge in [0.25, 0.3) is 0 Å². The van der Waals surface area contributed by atoms with E-state index >= 15 is 0 Å². The van der Waals surface area contributed by atoms with E-state index in [9.17, 15) is 13.6 Å². The van der Waals surface area contributed by atoms with Crippen molar-refractivity contribution in [2.45, 2.75) is 31.1 Å². The lowest BCUT2D eigenvalue weighted by Crippen LogP contribution is -2.41. The minimum absolute atomic E-state index is 0.179. The molecule has 2 atom stereocenters. The van der Waals surface area contributed by atoms with Crippen molar-refractivity contribution in [3.63, 3.8) is 0 Å². The molecule has 0 aromatic carbocycles. The molecule has 1 amide bonds. The average Bonchev–Trinajstić information content (AvgIpc) is 2.74. The molecule has 1 fully saturated rings. The van der Waals surface area contributed by atoms with E-state index in [-0.39, 0.29) is 25.3 Å². The van der Waals surface area contributed by atoms with Crippen molar-refractivity contribution in [2.24, 2.45) is 13.0 Å². The van der Waals surface area contributed by atoms with E-state index in [0.29, 0.717) is 4.60 Å². The average molecular weight is 361 g/mol. The van der Waals surface area contributed by atoms with Crippen molar-refractivity contribution in [3.8, 4) is 6.07 Å². The van der Waals surface area contributed by atoms with Crippen LogP contribution in [0, 0.1) is 17.2 Å². The fourth-order valence-corrected chi connectivity index (χ4v) is 3.41. The summed E-state index contributed by atoms with van der Waals surface area (Å²) in [6.07, 6.45) is 1.20. The third-order valence-electron chi connectivity index (χ3n) is 3.71. The van der Waals surface area contributed by atoms with Crippen LogP contribution in [0.1, 0.15) is 30.7 Å². The standard InChI is InChI=1S/C13H15BrF2N4O/c1-20-7-10(11(14)19-20)8-2-3-13(15,16)6-9(8)12(21)18-5-4-17/h7-9H,2-3,5-6H2,1H3,(H,18,21). The molecule has 1 aliphatic carbocycles. The van der Waals surface area contributed by atoms with Gasteiger partial charge in [-0.05, 0) is 22.4 Å². The molecule has 21 heavy (non-hydrogen) atoms. The highest BCUT2D eigenvalue weighted by molar-refractivity contribution is 9.10. The first kappa shape index (κ1) is 15.9. The summed E-state index contributed by atoms with van der Waals surface area (Å²) < 4.78 is 29.5. The summed E-state index contributed by atoms with van der Waals surface area (Å²) >= 11 is 3.31. The molecule has 114 valence electrons. The number of rotatable bonds is 3. The van der Waals surface area contributed by atoms with Crippen molar-refractivity contribution in [1.82, 2.24) is 15.1 Å². The van der Waals surface area contributed by atoms with Gasteiger partial charge in [0.05, 0.1) is 12.0 Å². The van der Waals surface area contributed by atoms with Gasteiger partial charge in [-0.15, -0.1) is 0 Å². The lowest BCUT2D eigenvalue weighted by Gasteiger charge is -2.34. The Hall–Kier alpha value is -1.49. The van der Waals surface area contributed by atoms with Crippen molar-refractivity contribution in [2.75, 3.05) is 6.54 Å². The maximum atomic E-state index is 13.7. The zero-order valence-corrected chi connectivity index (χ0v) is 13.0. The second-order valence-corrected chi connectivity index (χ2v) is 5.99. The van der Waals surface area contributed by atoms with Crippen molar-refractivity contribution in [3.05, 3.63) is 16.4 Å². The first-order valence-corrected chi connectivity index (χ1v) is 7.35. The number of carbonyl (C=O) groups is 1. The van der Waals surface area contributed by atoms with Crippen molar-refractivity contribution >= 4 is 21.8 Å². The van der Waals surface area contributed by atoms with Crippen LogP contribution in [0.3, 0.4) is 0 Å². The molecule has 0 radical (unpaired) electrons. The van der Waals surface area contributed by atoms with Crippen LogP contribution in [-0.4, -0.2) is 28.2 Å². The van der Waals surface area contributed by atoms with Crippen LogP contribution in [0.2, 0.25) is 0 Å². The number of nitrogens with zero attached hydrogens (tertiary/aromatic N) is 3. The molecule has 0 aliphatic heterocycles. The summed E-state index contributed by atoms with van der Waals surface area (Å²) in [4.78, 5) is 12.1. The van der Waals surface area contributed by atoms with Gasteiger partial charge in [-0.1, -0.05) is 0 Å². The van der Waals surface area contributed by atoms with Crippen LogP contribution < -0.4 is 5.32 Å². The van der Waals surface area contributed by atoms with Crippen LogP contribution in [0.25, 0.3) is 0 Å². The third-order valence-corrected chi connectivity index (χ3v) is 4.33. The molecular formula is C13H15BrF2N4O. The summed E-state index contributed by atoms with van der Waals surface area (Å²) in [5, 5.41) is 15.0. The summed E-state index contributed by atoms with van der Waals surface area (Å²) in [7, 11) is 1.73. The van der Waals surface area contributed by atoms with E-state index in [4.69, 9.17) is 5.26 Å². The topological polar surface area (TPSA) is 70.7 Å². The summed E-state index contributed by atoms with van der Waals surface area (Å²) in [6, 6.07) is 1.78. The number of nitrogens with one attached hydrogen (secondary N) is 1. The number of aryl methyl sites for hydroxylation is 1. The predicted molar refractivity (Wildman–Crippen MR) is 74.6 cm³/mol. The SMILES string of the molecule is Cn1cc(C2CCC(F)(F)CC2C(=O)NCC#N)c(Br)n1. The molecule has 5 nitrogen and oxygen atoms in total. The molecule has 0 bridgehead atoms. The number of halogens is 3. The summed E-state index contributed by atoms with van der Waals surface area (Å²) in [6.45, 7) is -0.179. The molecule has 1 heterocycles. The highest BCUT2D eigenvalue weighted by Crippen LogP contribution is 2.46. The number of hydrogen-bond acceptors (Lipinski definition) is 3. The molecule has 1 aliphatic rings. The highest BCUT2D eigenvalue weighted by atomic mass is 79.9. The molecule has 0 spiro atoms. The molecule has 1 aromatic heterocycles.